The lowest BCUT2D eigenvalue weighted by atomic mass is 9.94. The van der Waals surface area contributed by atoms with E-state index in [1.165, 1.54) is 19.5 Å². The molecule has 2 saturated heterocycles. The number of fused-ring (bicyclic) bond motifs is 2. The smallest absolute Gasteiger partial charge is 0.167 e. The van der Waals surface area contributed by atoms with Gasteiger partial charge >= 0.3 is 0 Å². The molecule has 0 saturated carbocycles. The molecule has 2 fully saturated rings. The molecule has 2 aliphatic rings. The van der Waals surface area contributed by atoms with Crippen LogP contribution in [0.15, 0.2) is 18.2 Å². The van der Waals surface area contributed by atoms with Crippen molar-refractivity contribution in [3.63, 3.8) is 0 Å². The lowest BCUT2D eigenvalue weighted by molar-refractivity contribution is 0.255. The highest BCUT2D eigenvalue weighted by atomic mass is 19.1. The van der Waals surface area contributed by atoms with E-state index >= 15 is 0 Å². The molecule has 2 bridgehead atoms. The van der Waals surface area contributed by atoms with Crippen LogP contribution in [0.4, 0.5) is 10.1 Å². The third kappa shape index (κ3) is 2.68. The summed E-state index contributed by atoms with van der Waals surface area (Å²) in [7, 11) is 0. The second-order valence-electron chi connectivity index (χ2n) is 5.47. The van der Waals surface area contributed by atoms with Crippen LogP contribution in [0.2, 0.25) is 0 Å². The zero-order chi connectivity index (χ0) is 13.2. The summed E-state index contributed by atoms with van der Waals surface area (Å²) in [5.74, 6) is 0.767. The van der Waals surface area contributed by atoms with Crippen molar-refractivity contribution >= 4 is 5.69 Å². The molecule has 3 unspecified atom stereocenters. The zero-order valence-corrected chi connectivity index (χ0v) is 11.4. The molecule has 0 aromatic heterocycles. The fourth-order valence-electron chi connectivity index (χ4n) is 3.22. The minimum Gasteiger partial charge on any atom is -0.491 e. The average Bonchev–Trinajstić information content (AvgIpc) is 2.79. The van der Waals surface area contributed by atoms with Crippen molar-refractivity contribution in [3.8, 4) is 5.75 Å². The van der Waals surface area contributed by atoms with Crippen LogP contribution >= 0.6 is 0 Å². The van der Waals surface area contributed by atoms with Gasteiger partial charge < -0.3 is 15.0 Å². The zero-order valence-electron chi connectivity index (χ0n) is 11.4. The highest BCUT2D eigenvalue weighted by Gasteiger charge is 2.34. The number of hydrogen-bond acceptors (Lipinski definition) is 3. The van der Waals surface area contributed by atoms with Crippen molar-refractivity contribution < 1.29 is 9.13 Å². The average molecular weight is 264 g/mol. The Labute approximate surface area is 113 Å². The molecule has 1 aromatic rings. The second kappa shape index (κ2) is 5.37. The number of ether oxygens (including phenoxy) is 1. The van der Waals surface area contributed by atoms with Gasteiger partial charge in [-0.25, -0.2) is 4.39 Å². The number of anilines is 1. The predicted molar refractivity (Wildman–Crippen MR) is 74.1 cm³/mol. The highest BCUT2D eigenvalue weighted by Crippen LogP contribution is 2.30. The topological polar surface area (TPSA) is 24.5 Å². The van der Waals surface area contributed by atoms with Gasteiger partial charge in [-0.2, -0.15) is 0 Å². The molecule has 19 heavy (non-hydrogen) atoms. The Morgan fingerprint density at radius 3 is 3.00 bits per heavy atom. The van der Waals surface area contributed by atoms with Gasteiger partial charge in [0.2, 0.25) is 0 Å². The third-order valence-electron chi connectivity index (χ3n) is 4.22. The van der Waals surface area contributed by atoms with E-state index in [2.05, 4.69) is 10.2 Å². The van der Waals surface area contributed by atoms with E-state index in [9.17, 15) is 4.39 Å². The van der Waals surface area contributed by atoms with E-state index in [1.54, 1.807) is 12.1 Å². The maximum absolute atomic E-state index is 13.8. The van der Waals surface area contributed by atoms with Crippen LogP contribution in [0.1, 0.15) is 19.8 Å². The maximum atomic E-state index is 13.8. The van der Waals surface area contributed by atoms with E-state index in [0.717, 1.165) is 18.7 Å². The molecule has 0 radical (unpaired) electrons. The first-order valence-corrected chi connectivity index (χ1v) is 7.17. The molecule has 2 aliphatic heterocycles. The number of benzene rings is 1. The van der Waals surface area contributed by atoms with Crippen LogP contribution in [0, 0.1) is 11.7 Å². The monoisotopic (exact) mass is 264 g/mol. The Hall–Kier alpha value is -1.29. The van der Waals surface area contributed by atoms with E-state index in [0.29, 0.717) is 24.3 Å². The van der Waals surface area contributed by atoms with Gasteiger partial charge in [-0.05, 0) is 44.4 Å². The Morgan fingerprint density at radius 2 is 2.21 bits per heavy atom. The third-order valence-corrected chi connectivity index (χ3v) is 4.22. The van der Waals surface area contributed by atoms with Crippen LogP contribution in [0.3, 0.4) is 0 Å². The van der Waals surface area contributed by atoms with E-state index < -0.39 is 0 Å². The molecule has 2 heterocycles. The van der Waals surface area contributed by atoms with Gasteiger partial charge in [-0.3, -0.25) is 0 Å². The molecule has 3 rings (SSSR count). The minimum absolute atomic E-state index is 0.282. The van der Waals surface area contributed by atoms with Crippen LogP contribution in [0.5, 0.6) is 5.75 Å². The normalized spacial score (nSPS) is 29.3. The van der Waals surface area contributed by atoms with Crippen molar-refractivity contribution in [1.82, 2.24) is 4.90 Å². The highest BCUT2D eigenvalue weighted by molar-refractivity contribution is 5.48. The van der Waals surface area contributed by atoms with Crippen LogP contribution in [-0.4, -0.2) is 37.2 Å². The standard InChI is InChI=1S/C15H21FN2O/c1-2-19-15-4-3-12(9-13(15)16)17-14-6-8-18-7-5-11(14)10-18/h3-4,9,11,14,17H,2,5-8,10H2,1H3. The number of nitrogens with one attached hydrogen (secondary N) is 1. The molecule has 0 amide bonds. The maximum Gasteiger partial charge on any atom is 0.167 e. The molecule has 1 N–H and O–H groups in total. The van der Waals surface area contributed by atoms with Gasteiger partial charge in [0.25, 0.3) is 0 Å². The van der Waals surface area contributed by atoms with Crippen molar-refractivity contribution in [1.29, 1.82) is 0 Å². The van der Waals surface area contributed by atoms with Gasteiger partial charge in [0.15, 0.2) is 11.6 Å². The number of rotatable bonds is 4. The largest absolute Gasteiger partial charge is 0.491 e. The number of nitrogens with zero attached hydrogens (tertiary/aromatic N) is 1. The van der Waals surface area contributed by atoms with Crippen LogP contribution < -0.4 is 10.1 Å². The van der Waals surface area contributed by atoms with E-state index in [1.807, 2.05) is 13.0 Å². The summed E-state index contributed by atoms with van der Waals surface area (Å²) >= 11 is 0. The van der Waals surface area contributed by atoms with Crippen molar-refractivity contribution in [2.75, 3.05) is 31.6 Å². The Kier molecular flexibility index (Phi) is 3.60. The van der Waals surface area contributed by atoms with Crippen LogP contribution in [-0.2, 0) is 0 Å². The van der Waals surface area contributed by atoms with Gasteiger partial charge in [0.05, 0.1) is 6.61 Å². The van der Waals surface area contributed by atoms with Crippen molar-refractivity contribution in [3.05, 3.63) is 24.0 Å². The summed E-state index contributed by atoms with van der Waals surface area (Å²) in [4.78, 5) is 2.52. The Bertz CT molecular complexity index is 452. The SMILES string of the molecule is CCOc1ccc(NC2CCN3CCC2C3)cc1F. The van der Waals surface area contributed by atoms with E-state index in [4.69, 9.17) is 4.74 Å². The van der Waals surface area contributed by atoms with E-state index in [-0.39, 0.29) is 5.82 Å². The Balaban J connectivity index is 1.67. The number of halogens is 1. The van der Waals surface area contributed by atoms with Crippen molar-refractivity contribution in [2.45, 2.75) is 25.8 Å². The second-order valence-corrected chi connectivity index (χ2v) is 5.47. The van der Waals surface area contributed by atoms with Gasteiger partial charge in [-0.15, -0.1) is 0 Å². The van der Waals surface area contributed by atoms with Crippen LogP contribution in [0.25, 0.3) is 0 Å². The first kappa shape index (κ1) is 12.7. The molecule has 104 valence electrons. The minimum atomic E-state index is -0.282. The fraction of sp³-hybridized carbons (Fsp3) is 0.600. The summed E-state index contributed by atoms with van der Waals surface area (Å²) in [5, 5.41) is 3.50. The summed E-state index contributed by atoms with van der Waals surface area (Å²) < 4.78 is 19.0. The quantitative estimate of drug-likeness (QED) is 0.905. The molecule has 3 atom stereocenters. The molecule has 1 aromatic carbocycles. The summed E-state index contributed by atoms with van der Waals surface area (Å²) in [6, 6.07) is 5.66. The van der Waals surface area contributed by atoms with Gasteiger partial charge in [0, 0.05) is 30.9 Å². The first-order valence-electron chi connectivity index (χ1n) is 7.17. The molecule has 0 spiro atoms. The molecule has 4 heteroatoms. The number of piperidine rings is 1. The summed E-state index contributed by atoms with van der Waals surface area (Å²) in [5.41, 5.74) is 0.867. The lowest BCUT2D eigenvalue weighted by Crippen LogP contribution is -2.39. The fourth-order valence-corrected chi connectivity index (χ4v) is 3.22. The van der Waals surface area contributed by atoms with Crippen molar-refractivity contribution in [2.24, 2.45) is 5.92 Å². The number of hydrogen-bond donors (Lipinski definition) is 1. The summed E-state index contributed by atoms with van der Waals surface area (Å²) in [6.45, 7) is 5.93. The van der Waals surface area contributed by atoms with Gasteiger partial charge in [-0.1, -0.05) is 0 Å². The Morgan fingerprint density at radius 1 is 1.37 bits per heavy atom. The molecular weight excluding hydrogens is 243 g/mol. The predicted octanol–water partition coefficient (Wildman–Crippen LogP) is 2.73. The summed E-state index contributed by atoms with van der Waals surface area (Å²) in [6.07, 6.45) is 2.41. The lowest BCUT2D eigenvalue weighted by Gasteiger charge is -2.31. The molecular formula is C15H21FN2O. The van der Waals surface area contributed by atoms with Gasteiger partial charge in [0.1, 0.15) is 0 Å². The molecule has 3 nitrogen and oxygen atoms in total. The molecule has 0 aliphatic carbocycles. The first-order chi connectivity index (χ1) is 9.26.